The molecule has 0 radical (unpaired) electrons. The van der Waals surface area contributed by atoms with Crippen LogP contribution in [0.25, 0.3) is 0 Å². The van der Waals surface area contributed by atoms with Crippen molar-refractivity contribution in [1.29, 1.82) is 0 Å². The average molecular weight is 411 g/mol. The van der Waals surface area contributed by atoms with Crippen LogP contribution in [0.15, 0.2) is 0 Å². The van der Waals surface area contributed by atoms with E-state index in [9.17, 15) is 0 Å². The maximum atomic E-state index is 7.05. The maximum Gasteiger partial charge on any atom is 0.0771 e. The molecule has 2 unspecified atom stereocenters. The zero-order chi connectivity index (χ0) is 18.2. The second-order valence-electron chi connectivity index (χ2n) is 12.0. The lowest BCUT2D eigenvalue weighted by Gasteiger charge is -2.62. The van der Waals surface area contributed by atoms with Crippen LogP contribution in [-0.4, -0.2) is 24.0 Å². The summed E-state index contributed by atoms with van der Waals surface area (Å²) in [7, 11) is 0. The summed E-state index contributed by atoms with van der Waals surface area (Å²) in [5.74, 6) is 7.09. The molecule has 8 aliphatic carbocycles. The van der Waals surface area contributed by atoms with Gasteiger partial charge in [0.15, 0.2) is 0 Å². The molecule has 0 amide bonds. The minimum Gasteiger partial charge on any atom is -0.371 e. The van der Waals surface area contributed by atoms with Crippen molar-refractivity contribution in [3.63, 3.8) is 0 Å². The van der Waals surface area contributed by atoms with E-state index in [1.165, 1.54) is 77.0 Å². The van der Waals surface area contributed by atoms with Crippen molar-refractivity contribution in [2.45, 2.75) is 89.3 Å². The van der Waals surface area contributed by atoms with Crippen LogP contribution in [0.5, 0.6) is 0 Å². The highest BCUT2D eigenvalue weighted by Crippen LogP contribution is 2.64. The van der Waals surface area contributed by atoms with Crippen molar-refractivity contribution >= 4 is 23.2 Å². The monoisotopic (exact) mass is 410 g/mol. The predicted molar refractivity (Wildman–Crippen MR) is 111 cm³/mol. The van der Waals surface area contributed by atoms with E-state index < -0.39 is 0 Å². The van der Waals surface area contributed by atoms with Crippen LogP contribution < -0.4 is 0 Å². The first-order valence-corrected chi connectivity index (χ1v) is 12.9. The van der Waals surface area contributed by atoms with Crippen molar-refractivity contribution < 1.29 is 4.74 Å². The molecule has 2 atom stereocenters. The molecule has 0 spiro atoms. The summed E-state index contributed by atoms with van der Waals surface area (Å²) in [4.78, 5) is 0. The van der Waals surface area contributed by atoms with Gasteiger partial charge in [0, 0.05) is 11.8 Å². The van der Waals surface area contributed by atoms with Crippen molar-refractivity contribution in [2.24, 2.45) is 46.3 Å². The molecule has 0 aromatic heterocycles. The summed E-state index contributed by atoms with van der Waals surface area (Å²) in [5, 5.41) is 0. The Balaban J connectivity index is 1.25. The molecule has 8 bridgehead atoms. The Morgan fingerprint density at radius 1 is 0.556 bits per heavy atom. The van der Waals surface area contributed by atoms with Gasteiger partial charge in [-0.15, -0.1) is 23.2 Å². The summed E-state index contributed by atoms with van der Waals surface area (Å²) in [6.07, 6.45) is 17.7. The third kappa shape index (κ3) is 2.88. The van der Waals surface area contributed by atoms with Crippen molar-refractivity contribution in [1.82, 2.24) is 0 Å². The van der Waals surface area contributed by atoms with Gasteiger partial charge < -0.3 is 4.74 Å². The number of alkyl halides is 2. The summed E-state index contributed by atoms with van der Waals surface area (Å²) in [5.41, 5.74) is 0.756. The lowest BCUT2D eigenvalue weighted by atomic mass is 9.47. The van der Waals surface area contributed by atoms with Crippen LogP contribution in [0.2, 0.25) is 0 Å². The summed E-state index contributed by atoms with van der Waals surface area (Å²) in [6.45, 7) is 0. The van der Waals surface area contributed by atoms with E-state index >= 15 is 0 Å². The van der Waals surface area contributed by atoms with Gasteiger partial charge in [0.1, 0.15) is 0 Å². The molecular weight excluding hydrogens is 375 g/mol. The molecule has 0 saturated heterocycles. The lowest BCUT2D eigenvalue weighted by molar-refractivity contribution is -0.196. The quantitative estimate of drug-likeness (QED) is 0.445. The summed E-state index contributed by atoms with van der Waals surface area (Å²) in [6, 6.07) is 0. The van der Waals surface area contributed by atoms with Gasteiger partial charge in [-0.25, -0.2) is 0 Å². The van der Waals surface area contributed by atoms with E-state index in [1.807, 2.05) is 0 Å². The molecule has 1 nitrogen and oxygen atoms in total. The van der Waals surface area contributed by atoms with E-state index in [0.717, 1.165) is 35.5 Å². The van der Waals surface area contributed by atoms with E-state index in [-0.39, 0.29) is 12.2 Å². The van der Waals surface area contributed by atoms with Crippen LogP contribution in [0.4, 0.5) is 0 Å². The maximum absolute atomic E-state index is 7.05. The van der Waals surface area contributed by atoms with Gasteiger partial charge in [-0.1, -0.05) is 0 Å². The Morgan fingerprint density at radius 3 is 1.04 bits per heavy atom. The molecule has 8 aliphatic rings. The molecule has 0 aromatic carbocycles. The first-order chi connectivity index (χ1) is 13.1. The largest absolute Gasteiger partial charge is 0.371 e. The van der Waals surface area contributed by atoms with Crippen LogP contribution in [0.1, 0.15) is 77.0 Å². The van der Waals surface area contributed by atoms with Gasteiger partial charge in [0.25, 0.3) is 0 Å². The molecule has 0 aromatic rings. The van der Waals surface area contributed by atoms with Gasteiger partial charge in [-0.3, -0.25) is 0 Å². The van der Waals surface area contributed by atoms with Crippen LogP contribution in [-0.2, 0) is 4.74 Å². The van der Waals surface area contributed by atoms with Crippen LogP contribution >= 0.6 is 23.2 Å². The molecule has 3 heteroatoms. The molecule has 27 heavy (non-hydrogen) atoms. The lowest BCUT2D eigenvalue weighted by Crippen LogP contribution is -2.57. The number of hydrogen-bond acceptors (Lipinski definition) is 1. The van der Waals surface area contributed by atoms with Gasteiger partial charge in [-0.2, -0.15) is 0 Å². The van der Waals surface area contributed by atoms with E-state index in [1.54, 1.807) is 0 Å². The summed E-state index contributed by atoms with van der Waals surface area (Å²) < 4.78 is 7.05. The van der Waals surface area contributed by atoms with Crippen molar-refractivity contribution in [3.8, 4) is 0 Å². The van der Waals surface area contributed by atoms with Gasteiger partial charge in [0.2, 0.25) is 0 Å². The fourth-order valence-corrected chi connectivity index (χ4v) is 10.8. The SMILES string of the molecule is ClCC(OC(CCl)C12CC3CC(CC(C3)C1)C2)C12CC3CC(CC(C3)C1)C2. The molecule has 8 rings (SSSR count). The number of halogens is 2. The van der Waals surface area contributed by atoms with Gasteiger partial charge in [-0.05, 0) is 123 Å². The fraction of sp³-hybridized carbons (Fsp3) is 1.00. The van der Waals surface area contributed by atoms with Gasteiger partial charge >= 0.3 is 0 Å². The highest BCUT2D eigenvalue weighted by Gasteiger charge is 2.58. The Labute approximate surface area is 175 Å². The second kappa shape index (κ2) is 6.52. The summed E-state index contributed by atoms with van der Waals surface area (Å²) >= 11 is 13.3. The first kappa shape index (κ1) is 18.3. The van der Waals surface area contributed by atoms with Crippen molar-refractivity contribution in [3.05, 3.63) is 0 Å². The number of rotatable bonds is 6. The van der Waals surface area contributed by atoms with Gasteiger partial charge in [0.05, 0.1) is 12.2 Å². The fourth-order valence-electron chi connectivity index (χ4n) is 10.0. The van der Waals surface area contributed by atoms with E-state index in [2.05, 4.69) is 0 Å². The smallest absolute Gasteiger partial charge is 0.0771 e. The van der Waals surface area contributed by atoms with Crippen LogP contribution in [0.3, 0.4) is 0 Å². The zero-order valence-electron chi connectivity index (χ0n) is 16.7. The number of ether oxygens (including phenoxy) is 1. The molecule has 152 valence electrons. The third-order valence-corrected chi connectivity index (χ3v) is 10.7. The standard InChI is InChI=1S/C24H36Cl2O/c25-13-21(23-7-15-1-16(8-23)3-17(2-15)9-23)27-22(14-26)24-10-18-4-19(11-24)6-20(5-18)12-24/h15-22H,1-14H2. The second-order valence-corrected chi connectivity index (χ2v) is 12.6. The Kier molecular flexibility index (Phi) is 4.42. The molecule has 0 heterocycles. The Bertz CT molecular complexity index is 466. The molecule has 8 fully saturated rings. The minimum absolute atomic E-state index is 0.240. The molecule has 0 aliphatic heterocycles. The Morgan fingerprint density at radius 2 is 0.815 bits per heavy atom. The third-order valence-electron chi connectivity index (χ3n) is 10.1. The minimum atomic E-state index is 0.240. The first-order valence-electron chi connectivity index (χ1n) is 11.9. The zero-order valence-corrected chi connectivity index (χ0v) is 18.2. The molecule has 0 N–H and O–H groups in total. The normalized spacial score (nSPS) is 54.4. The van der Waals surface area contributed by atoms with Crippen LogP contribution in [0, 0.1) is 46.3 Å². The molecular formula is C24H36Cl2O. The van der Waals surface area contributed by atoms with E-state index in [0.29, 0.717) is 22.6 Å². The number of hydrogen-bond donors (Lipinski definition) is 0. The Hall–Kier alpha value is 0.540. The average Bonchev–Trinajstić information content (AvgIpc) is 2.60. The van der Waals surface area contributed by atoms with Crippen molar-refractivity contribution in [2.75, 3.05) is 11.8 Å². The highest BCUT2D eigenvalue weighted by atomic mass is 35.5. The predicted octanol–water partition coefficient (Wildman–Crippen LogP) is 6.65. The highest BCUT2D eigenvalue weighted by molar-refractivity contribution is 6.18. The topological polar surface area (TPSA) is 9.23 Å². The molecule has 8 saturated carbocycles. The van der Waals surface area contributed by atoms with E-state index in [4.69, 9.17) is 27.9 Å².